The zero-order valence-corrected chi connectivity index (χ0v) is 11.6. The third-order valence-electron chi connectivity index (χ3n) is 3.05. The van der Waals surface area contributed by atoms with E-state index in [-0.39, 0.29) is 5.91 Å². The van der Waals surface area contributed by atoms with Crippen LogP contribution in [0.25, 0.3) is 0 Å². The van der Waals surface area contributed by atoms with Crippen molar-refractivity contribution < 1.29 is 4.79 Å². The maximum Gasteiger partial charge on any atom is 0.265 e. The first-order valence-electron chi connectivity index (χ1n) is 5.99. The number of rotatable bonds is 2. The fourth-order valence-corrected chi connectivity index (χ4v) is 2.33. The van der Waals surface area contributed by atoms with E-state index in [9.17, 15) is 4.79 Å². The minimum Gasteiger partial charge on any atom is -0.285 e. The third kappa shape index (κ3) is 3.30. The predicted molar refractivity (Wildman–Crippen MR) is 71.8 cm³/mol. The summed E-state index contributed by atoms with van der Waals surface area (Å²) >= 11 is 3.45. The molecule has 0 aliphatic carbocycles. The minimum atomic E-state index is -0.0207. The van der Waals surface area contributed by atoms with Crippen LogP contribution in [0.3, 0.4) is 0 Å². The number of hydrogen-bond donors (Lipinski definition) is 1. The highest BCUT2D eigenvalue weighted by atomic mass is 79.9. The van der Waals surface area contributed by atoms with Gasteiger partial charge in [0.2, 0.25) is 0 Å². The fourth-order valence-electron chi connectivity index (χ4n) is 1.95. The molecule has 1 amide bonds. The summed E-state index contributed by atoms with van der Waals surface area (Å²) in [6.07, 6.45) is 3.60. The van der Waals surface area contributed by atoms with Crippen molar-refractivity contribution in [2.45, 2.75) is 26.2 Å². The van der Waals surface area contributed by atoms with Gasteiger partial charge < -0.3 is 0 Å². The first-order chi connectivity index (χ1) is 8.16. The molecule has 1 saturated heterocycles. The average Bonchev–Trinajstić information content (AvgIpc) is 2.34. The van der Waals surface area contributed by atoms with E-state index in [4.69, 9.17) is 0 Å². The van der Waals surface area contributed by atoms with E-state index in [1.165, 1.54) is 6.42 Å². The van der Waals surface area contributed by atoms with Crippen LogP contribution in [0.2, 0.25) is 0 Å². The van der Waals surface area contributed by atoms with Gasteiger partial charge in [-0.1, -0.05) is 28.4 Å². The summed E-state index contributed by atoms with van der Waals surface area (Å²) in [6, 6.07) is 5.68. The van der Waals surface area contributed by atoms with Gasteiger partial charge in [-0.25, -0.2) is 5.01 Å². The van der Waals surface area contributed by atoms with Crippen LogP contribution in [-0.2, 0) is 0 Å². The lowest BCUT2D eigenvalue weighted by atomic mass is 10.1. The van der Waals surface area contributed by atoms with Crippen LogP contribution in [-0.4, -0.2) is 24.0 Å². The average molecular weight is 297 g/mol. The maximum atomic E-state index is 12.0. The lowest BCUT2D eigenvalue weighted by Crippen LogP contribution is -2.45. The predicted octanol–water partition coefficient (Wildman–Crippen LogP) is 2.89. The Labute approximate surface area is 110 Å². The van der Waals surface area contributed by atoms with Gasteiger partial charge in [-0.15, -0.1) is 0 Å². The maximum absolute atomic E-state index is 12.0. The van der Waals surface area contributed by atoms with E-state index in [1.54, 1.807) is 0 Å². The Morgan fingerprint density at radius 3 is 2.65 bits per heavy atom. The standard InChI is InChI=1S/C13H17BrN2O/c1-10-5-6-11(9-12(10)14)13(17)15-16-7-3-2-4-8-16/h5-6,9H,2-4,7-8H2,1H3,(H,15,17). The van der Waals surface area contributed by atoms with Crippen molar-refractivity contribution in [3.63, 3.8) is 0 Å². The highest BCUT2D eigenvalue weighted by molar-refractivity contribution is 9.10. The summed E-state index contributed by atoms with van der Waals surface area (Å²) in [5.41, 5.74) is 4.80. The van der Waals surface area contributed by atoms with Gasteiger partial charge in [0, 0.05) is 23.1 Å². The molecule has 1 N–H and O–H groups in total. The smallest absolute Gasteiger partial charge is 0.265 e. The van der Waals surface area contributed by atoms with E-state index < -0.39 is 0 Å². The molecule has 1 heterocycles. The fraction of sp³-hybridized carbons (Fsp3) is 0.462. The van der Waals surface area contributed by atoms with Crippen LogP contribution < -0.4 is 5.43 Å². The van der Waals surface area contributed by atoms with Crippen molar-refractivity contribution in [3.05, 3.63) is 33.8 Å². The lowest BCUT2D eigenvalue weighted by Gasteiger charge is -2.26. The third-order valence-corrected chi connectivity index (χ3v) is 3.90. The summed E-state index contributed by atoms with van der Waals surface area (Å²) in [6.45, 7) is 3.92. The van der Waals surface area contributed by atoms with Crippen molar-refractivity contribution in [3.8, 4) is 0 Å². The van der Waals surface area contributed by atoms with Crippen LogP contribution in [0.15, 0.2) is 22.7 Å². The molecule has 0 radical (unpaired) electrons. The Bertz CT molecular complexity index is 414. The van der Waals surface area contributed by atoms with E-state index >= 15 is 0 Å². The SMILES string of the molecule is Cc1ccc(C(=O)NN2CCCCC2)cc1Br. The van der Waals surface area contributed by atoms with Gasteiger partial charge in [0.05, 0.1) is 0 Å². The molecule has 0 saturated carbocycles. The van der Waals surface area contributed by atoms with Crippen molar-refractivity contribution >= 4 is 21.8 Å². The van der Waals surface area contributed by atoms with Crippen molar-refractivity contribution in [1.29, 1.82) is 0 Å². The minimum absolute atomic E-state index is 0.0207. The van der Waals surface area contributed by atoms with Crippen molar-refractivity contribution in [1.82, 2.24) is 10.4 Å². The van der Waals surface area contributed by atoms with Gasteiger partial charge in [0.15, 0.2) is 0 Å². The second-order valence-corrected chi connectivity index (χ2v) is 5.31. The molecule has 1 aromatic carbocycles. The van der Waals surface area contributed by atoms with Crippen LogP contribution >= 0.6 is 15.9 Å². The number of nitrogens with zero attached hydrogens (tertiary/aromatic N) is 1. The highest BCUT2D eigenvalue weighted by Gasteiger charge is 2.14. The van der Waals surface area contributed by atoms with Crippen molar-refractivity contribution in [2.24, 2.45) is 0 Å². The molecule has 0 aromatic heterocycles. The Morgan fingerprint density at radius 2 is 2.00 bits per heavy atom. The van der Waals surface area contributed by atoms with Gasteiger partial charge in [0.1, 0.15) is 0 Å². The number of benzene rings is 1. The molecular weight excluding hydrogens is 280 g/mol. The quantitative estimate of drug-likeness (QED) is 0.910. The molecule has 0 spiro atoms. The van der Waals surface area contributed by atoms with E-state index in [1.807, 2.05) is 30.1 Å². The summed E-state index contributed by atoms with van der Waals surface area (Å²) in [4.78, 5) is 12.0. The number of nitrogens with one attached hydrogen (secondary N) is 1. The van der Waals surface area contributed by atoms with E-state index in [2.05, 4.69) is 21.4 Å². The molecule has 2 rings (SSSR count). The molecule has 1 aliphatic rings. The number of carbonyl (C=O) groups excluding carboxylic acids is 1. The molecule has 17 heavy (non-hydrogen) atoms. The summed E-state index contributed by atoms with van der Waals surface area (Å²) in [7, 11) is 0. The van der Waals surface area contributed by atoms with Gasteiger partial charge in [-0.05, 0) is 37.5 Å². The number of carbonyl (C=O) groups is 1. The molecule has 1 fully saturated rings. The molecule has 3 nitrogen and oxygen atoms in total. The zero-order chi connectivity index (χ0) is 12.3. The van der Waals surface area contributed by atoms with Gasteiger partial charge in [0.25, 0.3) is 5.91 Å². The van der Waals surface area contributed by atoms with Crippen LogP contribution in [0.4, 0.5) is 0 Å². The topological polar surface area (TPSA) is 32.3 Å². The monoisotopic (exact) mass is 296 g/mol. The second kappa shape index (κ2) is 5.65. The van der Waals surface area contributed by atoms with Crippen LogP contribution in [0, 0.1) is 6.92 Å². The van der Waals surface area contributed by atoms with Crippen molar-refractivity contribution in [2.75, 3.05) is 13.1 Å². The Hall–Kier alpha value is -0.870. The molecule has 1 aliphatic heterocycles. The molecule has 0 atom stereocenters. The summed E-state index contributed by atoms with van der Waals surface area (Å²) < 4.78 is 0.976. The van der Waals surface area contributed by atoms with Gasteiger partial charge >= 0.3 is 0 Å². The molecule has 92 valence electrons. The summed E-state index contributed by atoms with van der Waals surface area (Å²) in [5, 5.41) is 2.01. The molecular formula is C13H17BrN2O. The van der Waals surface area contributed by atoms with E-state index in [0.29, 0.717) is 5.56 Å². The van der Waals surface area contributed by atoms with Crippen LogP contribution in [0.1, 0.15) is 35.2 Å². The second-order valence-electron chi connectivity index (χ2n) is 4.45. The number of piperidine rings is 1. The van der Waals surface area contributed by atoms with Gasteiger partial charge in [-0.2, -0.15) is 0 Å². The first kappa shape index (κ1) is 12.6. The molecule has 1 aromatic rings. The zero-order valence-electron chi connectivity index (χ0n) is 10.0. The Morgan fingerprint density at radius 1 is 1.29 bits per heavy atom. The van der Waals surface area contributed by atoms with E-state index in [0.717, 1.165) is 36.0 Å². The largest absolute Gasteiger partial charge is 0.285 e. The van der Waals surface area contributed by atoms with Crippen LogP contribution in [0.5, 0.6) is 0 Å². The first-order valence-corrected chi connectivity index (χ1v) is 6.78. The Kier molecular flexibility index (Phi) is 4.18. The normalized spacial score (nSPS) is 16.8. The number of aryl methyl sites for hydroxylation is 1. The van der Waals surface area contributed by atoms with Gasteiger partial charge in [-0.3, -0.25) is 10.2 Å². The number of hydrogen-bond acceptors (Lipinski definition) is 2. The highest BCUT2D eigenvalue weighted by Crippen LogP contribution is 2.17. The molecule has 0 unspecified atom stereocenters. The number of amides is 1. The molecule has 0 bridgehead atoms. The summed E-state index contributed by atoms with van der Waals surface area (Å²) in [5.74, 6) is -0.0207. The molecule has 4 heteroatoms. The Balaban J connectivity index is 2.01. The number of halogens is 1. The lowest BCUT2D eigenvalue weighted by molar-refractivity contribution is 0.0750. The number of hydrazine groups is 1.